The van der Waals surface area contributed by atoms with E-state index in [1.807, 2.05) is 19.1 Å². The zero-order chi connectivity index (χ0) is 14.5. The number of rotatable bonds is 5. The summed E-state index contributed by atoms with van der Waals surface area (Å²) in [5, 5.41) is 21.7. The van der Waals surface area contributed by atoms with E-state index in [0.29, 0.717) is 31.1 Å². The zero-order valence-corrected chi connectivity index (χ0v) is 11.5. The Morgan fingerprint density at radius 1 is 1.35 bits per heavy atom. The molecule has 1 aliphatic heterocycles. The lowest BCUT2D eigenvalue weighted by atomic mass is 10.3. The third-order valence-corrected chi connectivity index (χ3v) is 3.16. The molecule has 2 rings (SSSR count). The number of carbonyl (C=O) groups is 1. The molecule has 0 aromatic heterocycles. The number of carbonyl (C=O) groups excluding carboxylic acids is 1. The number of amides is 1. The number of aliphatic hydroxyl groups excluding tert-OH is 2. The van der Waals surface area contributed by atoms with Gasteiger partial charge < -0.3 is 20.3 Å². The van der Waals surface area contributed by atoms with Crippen molar-refractivity contribution in [3.8, 4) is 5.75 Å². The van der Waals surface area contributed by atoms with Crippen LogP contribution in [0, 0.1) is 0 Å². The van der Waals surface area contributed by atoms with Crippen molar-refractivity contribution in [1.82, 2.24) is 4.90 Å². The van der Waals surface area contributed by atoms with Crippen LogP contribution in [0.25, 0.3) is 0 Å². The van der Waals surface area contributed by atoms with Crippen molar-refractivity contribution in [2.24, 2.45) is 0 Å². The van der Waals surface area contributed by atoms with Crippen LogP contribution < -0.4 is 10.1 Å². The van der Waals surface area contributed by atoms with Crippen molar-refractivity contribution in [3.05, 3.63) is 24.3 Å². The van der Waals surface area contributed by atoms with Gasteiger partial charge in [0.05, 0.1) is 31.0 Å². The van der Waals surface area contributed by atoms with Gasteiger partial charge in [-0.1, -0.05) is 12.1 Å². The average Bonchev–Trinajstić information content (AvgIpc) is 2.70. The van der Waals surface area contributed by atoms with Crippen molar-refractivity contribution < 1.29 is 19.7 Å². The quantitative estimate of drug-likeness (QED) is 0.710. The molecule has 0 spiro atoms. The van der Waals surface area contributed by atoms with Gasteiger partial charge in [-0.05, 0) is 19.1 Å². The molecule has 1 heterocycles. The van der Waals surface area contributed by atoms with Crippen molar-refractivity contribution in [1.29, 1.82) is 0 Å². The predicted molar refractivity (Wildman–Crippen MR) is 74.7 cm³/mol. The van der Waals surface area contributed by atoms with Gasteiger partial charge in [0.15, 0.2) is 0 Å². The minimum absolute atomic E-state index is 0.134. The molecule has 6 heteroatoms. The van der Waals surface area contributed by atoms with Crippen LogP contribution in [0.5, 0.6) is 5.75 Å². The second kappa shape index (κ2) is 6.69. The van der Waals surface area contributed by atoms with Crippen molar-refractivity contribution >= 4 is 11.6 Å². The third-order valence-electron chi connectivity index (χ3n) is 3.16. The maximum absolute atomic E-state index is 12.0. The first-order chi connectivity index (χ1) is 9.60. The number of nitrogens with one attached hydrogen (secondary N) is 1. The van der Waals surface area contributed by atoms with Crippen LogP contribution in [0.2, 0.25) is 0 Å². The monoisotopic (exact) mass is 280 g/mol. The molecule has 2 unspecified atom stereocenters. The standard InChI is InChI=1S/C14H20N2O4/c1-2-20-13-6-4-3-5-10(13)15-14(19)9-16-7-11(17)12(18)8-16/h3-6,11-12,17-18H,2,7-9H2,1H3,(H,15,19). The molecular weight excluding hydrogens is 260 g/mol. The van der Waals surface area contributed by atoms with Gasteiger partial charge in [0.25, 0.3) is 0 Å². The number of para-hydroxylation sites is 2. The van der Waals surface area contributed by atoms with E-state index in [2.05, 4.69) is 5.32 Å². The summed E-state index contributed by atoms with van der Waals surface area (Å²) in [4.78, 5) is 13.7. The molecule has 3 N–H and O–H groups in total. The molecule has 1 aromatic carbocycles. The highest BCUT2D eigenvalue weighted by molar-refractivity contribution is 5.93. The van der Waals surface area contributed by atoms with Gasteiger partial charge in [0.2, 0.25) is 5.91 Å². The SMILES string of the molecule is CCOc1ccccc1NC(=O)CN1CC(O)C(O)C1. The number of likely N-dealkylation sites (tertiary alicyclic amines) is 1. The van der Waals surface area contributed by atoms with E-state index in [1.165, 1.54) is 0 Å². The topological polar surface area (TPSA) is 82.0 Å². The molecule has 0 bridgehead atoms. The molecule has 6 nitrogen and oxygen atoms in total. The lowest BCUT2D eigenvalue weighted by Gasteiger charge is -2.15. The van der Waals surface area contributed by atoms with Crippen LogP contribution in [0.3, 0.4) is 0 Å². The second-order valence-electron chi connectivity index (χ2n) is 4.81. The molecule has 20 heavy (non-hydrogen) atoms. The normalized spacial score (nSPS) is 22.8. The Bertz CT molecular complexity index is 456. The molecule has 1 aromatic rings. The molecule has 0 saturated carbocycles. The maximum Gasteiger partial charge on any atom is 0.238 e. The first-order valence-corrected chi connectivity index (χ1v) is 6.70. The molecule has 1 amide bonds. The van der Waals surface area contributed by atoms with Gasteiger partial charge in [-0.15, -0.1) is 0 Å². The van der Waals surface area contributed by atoms with Crippen LogP contribution in [-0.4, -0.2) is 59.5 Å². The highest BCUT2D eigenvalue weighted by atomic mass is 16.5. The molecular formula is C14H20N2O4. The van der Waals surface area contributed by atoms with E-state index in [0.717, 1.165) is 0 Å². The summed E-state index contributed by atoms with van der Waals surface area (Å²) in [6.07, 6.45) is -1.56. The van der Waals surface area contributed by atoms with Crippen LogP contribution >= 0.6 is 0 Å². The fraction of sp³-hybridized carbons (Fsp3) is 0.500. The van der Waals surface area contributed by atoms with Gasteiger partial charge in [0, 0.05) is 13.1 Å². The fourth-order valence-electron chi connectivity index (χ4n) is 2.22. The average molecular weight is 280 g/mol. The summed E-state index contributed by atoms with van der Waals surface area (Å²) >= 11 is 0. The molecule has 1 aliphatic rings. The predicted octanol–water partition coefficient (Wildman–Crippen LogP) is 0.0612. The summed E-state index contributed by atoms with van der Waals surface area (Å²) in [5.74, 6) is 0.434. The lowest BCUT2D eigenvalue weighted by Crippen LogP contribution is -2.32. The summed E-state index contributed by atoms with van der Waals surface area (Å²) in [7, 11) is 0. The maximum atomic E-state index is 12.0. The highest BCUT2D eigenvalue weighted by Gasteiger charge is 2.30. The first kappa shape index (κ1) is 14.8. The van der Waals surface area contributed by atoms with Gasteiger partial charge in [-0.25, -0.2) is 0 Å². The van der Waals surface area contributed by atoms with Gasteiger partial charge in [-0.3, -0.25) is 9.69 Å². The van der Waals surface area contributed by atoms with Crippen molar-refractivity contribution in [3.63, 3.8) is 0 Å². The van der Waals surface area contributed by atoms with E-state index in [4.69, 9.17) is 4.74 Å². The zero-order valence-electron chi connectivity index (χ0n) is 11.5. The number of hydrogen-bond acceptors (Lipinski definition) is 5. The molecule has 0 radical (unpaired) electrons. The number of hydrogen-bond donors (Lipinski definition) is 3. The molecule has 0 aliphatic carbocycles. The van der Waals surface area contributed by atoms with Crippen molar-refractivity contribution in [2.45, 2.75) is 19.1 Å². The number of benzene rings is 1. The molecule has 1 saturated heterocycles. The minimum Gasteiger partial charge on any atom is -0.492 e. The van der Waals surface area contributed by atoms with E-state index in [9.17, 15) is 15.0 Å². The van der Waals surface area contributed by atoms with Crippen LogP contribution in [0.15, 0.2) is 24.3 Å². The Balaban J connectivity index is 1.92. The number of anilines is 1. The highest BCUT2D eigenvalue weighted by Crippen LogP contribution is 2.23. The number of β-amino-alcohol motifs (C(OH)–C–C–N with tert-alkyl or cyclic N) is 2. The molecule has 1 fully saturated rings. The number of nitrogens with zero attached hydrogens (tertiary/aromatic N) is 1. The summed E-state index contributed by atoms with van der Waals surface area (Å²) in [5.41, 5.74) is 0.625. The Morgan fingerprint density at radius 3 is 2.65 bits per heavy atom. The molecule has 110 valence electrons. The van der Waals surface area contributed by atoms with Crippen LogP contribution in [0.1, 0.15) is 6.92 Å². The lowest BCUT2D eigenvalue weighted by molar-refractivity contribution is -0.117. The van der Waals surface area contributed by atoms with Gasteiger partial charge in [-0.2, -0.15) is 0 Å². The number of ether oxygens (including phenoxy) is 1. The minimum atomic E-state index is -0.779. The Labute approximate surface area is 118 Å². The first-order valence-electron chi connectivity index (χ1n) is 6.70. The Morgan fingerprint density at radius 2 is 2.00 bits per heavy atom. The van der Waals surface area contributed by atoms with E-state index in [-0.39, 0.29) is 12.5 Å². The van der Waals surface area contributed by atoms with E-state index >= 15 is 0 Å². The van der Waals surface area contributed by atoms with Crippen LogP contribution in [-0.2, 0) is 4.79 Å². The summed E-state index contributed by atoms with van der Waals surface area (Å²) in [6.45, 7) is 3.15. The van der Waals surface area contributed by atoms with Gasteiger partial charge >= 0.3 is 0 Å². The Hall–Kier alpha value is -1.63. The van der Waals surface area contributed by atoms with Crippen molar-refractivity contribution in [2.75, 3.05) is 31.6 Å². The summed E-state index contributed by atoms with van der Waals surface area (Å²) in [6, 6.07) is 7.23. The fourth-order valence-corrected chi connectivity index (χ4v) is 2.22. The second-order valence-corrected chi connectivity index (χ2v) is 4.81. The third kappa shape index (κ3) is 3.69. The van der Waals surface area contributed by atoms with Gasteiger partial charge in [0.1, 0.15) is 5.75 Å². The van der Waals surface area contributed by atoms with E-state index in [1.54, 1.807) is 17.0 Å². The Kier molecular flexibility index (Phi) is 4.94. The number of aliphatic hydroxyl groups is 2. The van der Waals surface area contributed by atoms with Crippen LogP contribution in [0.4, 0.5) is 5.69 Å². The summed E-state index contributed by atoms with van der Waals surface area (Å²) < 4.78 is 5.43. The largest absolute Gasteiger partial charge is 0.492 e. The smallest absolute Gasteiger partial charge is 0.238 e. The molecule has 2 atom stereocenters. The van der Waals surface area contributed by atoms with E-state index < -0.39 is 12.2 Å².